The fourth-order valence-corrected chi connectivity index (χ4v) is 4.14. The minimum absolute atomic E-state index is 0.0244. The van der Waals surface area contributed by atoms with E-state index in [0.717, 1.165) is 0 Å². The van der Waals surface area contributed by atoms with E-state index in [1.165, 1.54) is 0 Å². The second kappa shape index (κ2) is 5.00. The Kier molecular flexibility index (Phi) is 3.76. The van der Waals surface area contributed by atoms with Crippen molar-refractivity contribution < 1.29 is 13.2 Å². The monoisotopic (exact) mass is 335 g/mol. The number of carbonyl (C=O) groups is 1. The predicted molar refractivity (Wildman–Crippen MR) is 70.1 cm³/mol. The fourth-order valence-electron chi connectivity index (χ4n) is 1.99. The molecule has 0 aromatic carbocycles. The summed E-state index contributed by atoms with van der Waals surface area (Å²) in [7, 11) is -2.98. The summed E-state index contributed by atoms with van der Waals surface area (Å²) in [4.78, 5) is 12.1. The van der Waals surface area contributed by atoms with E-state index in [2.05, 4.69) is 26.3 Å². The molecule has 0 bridgehead atoms. The van der Waals surface area contributed by atoms with Gasteiger partial charge in [-0.25, -0.2) is 8.42 Å². The number of nitrogens with zero attached hydrogens (tertiary/aromatic N) is 2. The van der Waals surface area contributed by atoms with Crippen LogP contribution in [0.3, 0.4) is 0 Å². The lowest BCUT2D eigenvalue weighted by Gasteiger charge is -2.11. The fraction of sp³-hybridized carbons (Fsp3) is 0.600. The van der Waals surface area contributed by atoms with Crippen LogP contribution in [0.4, 0.5) is 0 Å². The van der Waals surface area contributed by atoms with E-state index in [4.69, 9.17) is 0 Å². The first kappa shape index (κ1) is 13.5. The number of hydrogen-bond donors (Lipinski definition) is 1. The Labute approximate surface area is 114 Å². The van der Waals surface area contributed by atoms with Crippen LogP contribution in [0.25, 0.3) is 0 Å². The van der Waals surface area contributed by atoms with Gasteiger partial charge in [0.1, 0.15) is 5.69 Å². The maximum atomic E-state index is 12.1. The molecule has 1 aromatic heterocycles. The zero-order chi connectivity index (χ0) is 13.3. The molecule has 2 heterocycles. The molecule has 0 saturated carbocycles. The Bertz CT molecular complexity index is 567. The Hall–Kier alpha value is -0.890. The van der Waals surface area contributed by atoms with E-state index in [1.54, 1.807) is 10.9 Å². The van der Waals surface area contributed by atoms with Crippen LogP contribution in [0.1, 0.15) is 23.8 Å². The van der Waals surface area contributed by atoms with E-state index in [0.29, 0.717) is 23.1 Å². The highest BCUT2D eigenvalue weighted by molar-refractivity contribution is 9.10. The van der Waals surface area contributed by atoms with Crippen LogP contribution in [0, 0.1) is 0 Å². The number of hydrogen-bond acceptors (Lipinski definition) is 4. The molecule has 1 N–H and O–H groups in total. The summed E-state index contributed by atoms with van der Waals surface area (Å²) in [5, 5.41) is 6.79. The highest BCUT2D eigenvalue weighted by Crippen LogP contribution is 2.17. The highest BCUT2D eigenvalue weighted by Gasteiger charge is 2.30. The smallest absolute Gasteiger partial charge is 0.270 e. The molecule has 0 radical (unpaired) electrons. The van der Waals surface area contributed by atoms with Gasteiger partial charge in [-0.3, -0.25) is 9.48 Å². The van der Waals surface area contributed by atoms with Crippen molar-refractivity contribution in [3.05, 3.63) is 16.4 Å². The first-order chi connectivity index (χ1) is 8.43. The molecule has 1 unspecified atom stereocenters. The number of aromatic nitrogens is 2. The van der Waals surface area contributed by atoms with Crippen LogP contribution >= 0.6 is 15.9 Å². The largest absolute Gasteiger partial charge is 0.347 e. The van der Waals surface area contributed by atoms with Gasteiger partial charge in [0.15, 0.2) is 9.84 Å². The number of rotatable bonds is 3. The van der Waals surface area contributed by atoms with E-state index in [9.17, 15) is 13.2 Å². The number of nitrogens with one attached hydrogen (secondary N) is 1. The van der Waals surface area contributed by atoms with Crippen LogP contribution in [0.5, 0.6) is 0 Å². The van der Waals surface area contributed by atoms with Gasteiger partial charge in [-0.1, -0.05) is 0 Å². The lowest BCUT2D eigenvalue weighted by Crippen LogP contribution is -2.36. The van der Waals surface area contributed by atoms with Gasteiger partial charge in [-0.15, -0.1) is 0 Å². The van der Waals surface area contributed by atoms with Gasteiger partial charge in [0.25, 0.3) is 5.91 Å². The van der Waals surface area contributed by atoms with E-state index in [-0.39, 0.29) is 23.5 Å². The van der Waals surface area contributed by atoms with Crippen LogP contribution in [-0.4, -0.2) is 41.7 Å². The molecule has 6 nitrogen and oxygen atoms in total. The van der Waals surface area contributed by atoms with Gasteiger partial charge in [0.05, 0.1) is 22.2 Å². The van der Waals surface area contributed by atoms with Crippen LogP contribution in [-0.2, 0) is 16.4 Å². The zero-order valence-corrected chi connectivity index (χ0v) is 12.3. The van der Waals surface area contributed by atoms with Gasteiger partial charge in [0, 0.05) is 12.6 Å². The molecule has 1 aliphatic heterocycles. The molecule has 8 heteroatoms. The summed E-state index contributed by atoms with van der Waals surface area (Å²) in [6.07, 6.45) is 2.04. The summed E-state index contributed by atoms with van der Waals surface area (Å²) < 4.78 is 24.8. The van der Waals surface area contributed by atoms with Gasteiger partial charge < -0.3 is 5.32 Å². The predicted octanol–water partition coefficient (Wildman–Crippen LogP) is 0.582. The maximum Gasteiger partial charge on any atom is 0.270 e. The maximum absolute atomic E-state index is 12.1. The van der Waals surface area contributed by atoms with Crippen molar-refractivity contribution in [2.45, 2.75) is 25.9 Å². The molecule has 1 saturated heterocycles. The quantitative estimate of drug-likeness (QED) is 0.876. The van der Waals surface area contributed by atoms with Crippen LogP contribution < -0.4 is 5.32 Å². The molecule has 1 atom stereocenters. The Morgan fingerprint density at radius 1 is 1.67 bits per heavy atom. The van der Waals surface area contributed by atoms with Crippen molar-refractivity contribution in [1.29, 1.82) is 0 Å². The zero-order valence-electron chi connectivity index (χ0n) is 9.89. The third kappa shape index (κ3) is 2.74. The third-order valence-electron chi connectivity index (χ3n) is 2.88. The van der Waals surface area contributed by atoms with E-state index < -0.39 is 9.84 Å². The van der Waals surface area contributed by atoms with Crippen molar-refractivity contribution >= 4 is 31.7 Å². The van der Waals surface area contributed by atoms with Crippen molar-refractivity contribution in [3.63, 3.8) is 0 Å². The number of halogens is 1. The minimum atomic E-state index is -2.98. The number of amides is 1. The molecule has 1 fully saturated rings. The van der Waals surface area contributed by atoms with Crippen molar-refractivity contribution in [2.75, 3.05) is 11.5 Å². The second-order valence-corrected chi connectivity index (χ2v) is 7.31. The topological polar surface area (TPSA) is 81.1 Å². The Morgan fingerprint density at radius 3 is 2.94 bits per heavy atom. The molecule has 18 heavy (non-hydrogen) atoms. The molecule has 1 aromatic rings. The third-order valence-corrected chi connectivity index (χ3v) is 5.23. The summed E-state index contributed by atoms with van der Waals surface area (Å²) in [5.74, 6) is -0.119. The van der Waals surface area contributed by atoms with Crippen LogP contribution in [0.2, 0.25) is 0 Å². The van der Waals surface area contributed by atoms with E-state index >= 15 is 0 Å². The Balaban J connectivity index is 2.11. The van der Waals surface area contributed by atoms with Crippen LogP contribution in [0.15, 0.2) is 10.7 Å². The molecule has 1 amide bonds. The molecule has 2 rings (SSSR count). The first-order valence-electron chi connectivity index (χ1n) is 5.65. The van der Waals surface area contributed by atoms with Gasteiger partial charge >= 0.3 is 0 Å². The Morgan fingerprint density at radius 2 is 2.39 bits per heavy atom. The minimum Gasteiger partial charge on any atom is -0.347 e. The summed E-state index contributed by atoms with van der Waals surface area (Å²) in [6.45, 7) is 2.47. The average Bonchev–Trinajstić information content (AvgIpc) is 2.81. The highest BCUT2D eigenvalue weighted by atomic mass is 79.9. The molecule has 100 valence electrons. The molecular weight excluding hydrogens is 322 g/mol. The first-order valence-corrected chi connectivity index (χ1v) is 8.27. The molecule has 0 aliphatic carbocycles. The van der Waals surface area contributed by atoms with Gasteiger partial charge in [-0.05, 0) is 29.3 Å². The molecule has 1 aliphatic rings. The van der Waals surface area contributed by atoms with Gasteiger partial charge in [0.2, 0.25) is 0 Å². The van der Waals surface area contributed by atoms with Gasteiger partial charge in [-0.2, -0.15) is 5.10 Å². The summed E-state index contributed by atoms with van der Waals surface area (Å²) in [6, 6.07) is -0.297. The average molecular weight is 336 g/mol. The standard InChI is InChI=1S/C10H14BrN3O3S/c1-2-14-9(8(11)5-12-14)10(15)13-7-3-4-18(16,17)6-7/h5,7H,2-4,6H2,1H3,(H,13,15). The SMILES string of the molecule is CCn1ncc(Br)c1C(=O)NC1CCS(=O)(=O)C1. The number of aryl methyl sites for hydroxylation is 1. The lowest BCUT2D eigenvalue weighted by atomic mass is 10.2. The number of sulfone groups is 1. The van der Waals surface area contributed by atoms with Crippen molar-refractivity contribution in [2.24, 2.45) is 0 Å². The van der Waals surface area contributed by atoms with E-state index in [1.807, 2.05) is 6.92 Å². The normalized spacial score (nSPS) is 22.0. The molecule has 0 spiro atoms. The second-order valence-electron chi connectivity index (χ2n) is 4.23. The van der Waals surface area contributed by atoms with Crippen molar-refractivity contribution in [1.82, 2.24) is 15.1 Å². The number of carbonyl (C=O) groups excluding carboxylic acids is 1. The summed E-state index contributed by atoms with van der Waals surface area (Å²) >= 11 is 3.27. The lowest BCUT2D eigenvalue weighted by molar-refractivity contribution is 0.0929. The molecular formula is C10H14BrN3O3S. The van der Waals surface area contributed by atoms with Crippen molar-refractivity contribution in [3.8, 4) is 0 Å². The summed E-state index contributed by atoms with van der Waals surface area (Å²) in [5.41, 5.74) is 0.432.